The normalized spacial score (nSPS) is 15.4. The maximum atomic E-state index is 13.2. The van der Waals surface area contributed by atoms with E-state index in [1.165, 1.54) is 18.1 Å². The molecule has 9 heteroatoms. The molecule has 30 heavy (non-hydrogen) atoms. The number of nitrogens with one attached hydrogen (secondary N) is 1. The number of aryl methyl sites for hydroxylation is 1. The summed E-state index contributed by atoms with van der Waals surface area (Å²) in [5, 5.41) is 3.27. The fourth-order valence-electron chi connectivity index (χ4n) is 2.86. The zero-order chi connectivity index (χ0) is 22.0. The molecule has 2 aromatic rings. The fraction of sp³-hybridized carbons (Fsp3) is 0.190. The highest BCUT2D eigenvalue weighted by molar-refractivity contribution is 7.80. The molecular weight excluding hydrogens is 447 g/mol. The number of methoxy groups -OCH3 is 1. The van der Waals surface area contributed by atoms with Crippen molar-refractivity contribution in [2.75, 3.05) is 18.6 Å². The Morgan fingerprint density at radius 3 is 2.50 bits per heavy atom. The lowest BCUT2D eigenvalue weighted by molar-refractivity contribution is -0.122. The van der Waals surface area contributed by atoms with Gasteiger partial charge in [0.15, 0.2) is 16.6 Å². The van der Waals surface area contributed by atoms with E-state index in [-0.39, 0.29) is 10.7 Å². The van der Waals surface area contributed by atoms with Gasteiger partial charge in [0.2, 0.25) is 0 Å². The van der Waals surface area contributed by atoms with Crippen molar-refractivity contribution < 1.29 is 19.1 Å². The Hall–Kier alpha value is -2.61. The molecule has 1 heterocycles. The summed E-state index contributed by atoms with van der Waals surface area (Å²) < 4.78 is 10.8. The molecule has 1 aliphatic rings. The van der Waals surface area contributed by atoms with Crippen molar-refractivity contribution in [2.45, 2.75) is 13.8 Å². The first kappa shape index (κ1) is 22.1. The molecular formula is C21H18Cl2N2O4S. The number of rotatable bonds is 5. The second-order valence-electron chi connectivity index (χ2n) is 6.35. The maximum absolute atomic E-state index is 13.2. The lowest BCUT2D eigenvalue weighted by Gasteiger charge is -2.29. The Morgan fingerprint density at radius 1 is 1.13 bits per heavy atom. The van der Waals surface area contributed by atoms with E-state index in [0.717, 1.165) is 5.56 Å². The van der Waals surface area contributed by atoms with Crippen LogP contribution >= 0.6 is 35.4 Å². The van der Waals surface area contributed by atoms with Crippen LogP contribution in [-0.4, -0.2) is 30.6 Å². The average Bonchev–Trinajstić information content (AvgIpc) is 2.69. The van der Waals surface area contributed by atoms with Crippen LogP contribution < -0.4 is 19.7 Å². The number of carbonyl (C=O) groups excluding carboxylic acids is 2. The summed E-state index contributed by atoms with van der Waals surface area (Å²) in [5.74, 6) is -0.323. The van der Waals surface area contributed by atoms with Gasteiger partial charge >= 0.3 is 0 Å². The number of hydrogen-bond acceptors (Lipinski definition) is 5. The maximum Gasteiger partial charge on any atom is 0.270 e. The predicted octanol–water partition coefficient (Wildman–Crippen LogP) is 4.54. The zero-order valence-corrected chi connectivity index (χ0v) is 18.7. The van der Waals surface area contributed by atoms with Gasteiger partial charge in [0.25, 0.3) is 11.8 Å². The summed E-state index contributed by atoms with van der Waals surface area (Å²) in [4.78, 5) is 26.9. The minimum Gasteiger partial charge on any atom is -0.493 e. The molecule has 0 bridgehead atoms. The van der Waals surface area contributed by atoms with Crippen LogP contribution in [0.2, 0.25) is 10.0 Å². The summed E-state index contributed by atoms with van der Waals surface area (Å²) in [6.07, 6.45) is 1.40. The number of halogens is 2. The van der Waals surface area contributed by atoms with E-state index in [4.69, 9.17) is 44.9 Å². The van der Waals surface area contributed by atoms with Crippen LogP contribution in [-0.2, 0) is 9.59 Å². The Kier molecular flexibility index (Phi) is 6.65. The van der Waals surface area contributed by atoms with Crippen LogP contribution in [0.1, 0.15) is 18.1 Å². The second kappa shape index (κ2) is 9.04. The quantitative estimate of drug-likeness (QED) is 0.399. The Labute approximate surface area is 189 Å². The van der Waals surface area contributed by atoms with Crippen molar-refractivity contribution in [1.29, 1.82) is 0 Å². The van der Waals surface area contributed by atoms with E-state index in [1.807, 2.05) is 13.8 Å². The monoisotopic (exact) mass is 464 g/mol. The molecule has 0 spiro atoms. The summed E-state index contributed by atoms with van der Waals surface area (Å²) >= 11 is 17.7. The van der Waals surface area contributed by atoms with Crippen LogP contribution in [0.3, 0.4) is 0 Å². The number of amides is 2. The van der Waals surface area contributed by atoms with Crippen molar-refractivity contribution in [3.05, 3.63) is 57.1 Å². The Bertz CT molecular complexity index is 1080. The highest BCUT2D eigenvalue weighted by Gasteiger charge is 2.34. The third kappa shape index (κ3) is 4.28. The van der Waals surface area contributed by atoms with Crippen molar-refractivity contribution in [1.82, 2.24) is 5.32 Å². The van der Waals surface area contributed by atoms with Gasteiger partial charge < -0.3 is 9.47 Å². The molecule has 0 radical (unpaired) electrons. The lowest BCUT2D eigenvalue weighted by atomic mass is 10.1. The molecule has 1 aliphatic heterocycles. The van der Waals surface area contributed by atoms with Crippen molar-refractivity contribution in [2.24, 2.45) is 0 Å². The number of carbonyl (C=O) groups is 2. The summed E-state index contributed by atoms with van der Waals surface area (Å²) in [6.45, 7) is 4.08. The van der Waals surface area contributed by atoms with Crippen molar-refractivity contribution in [3.8, 4) is 11.5 Å². The minimum absolute atomic E-state index is 0.0297. The third-order valence-electron chi connectivity index (χ3n) is 4.40. The summed E-state index contributed by atoms with van der Waals surface area (Å²) in [5.41, 5.74) is 1.59. The molecule has 1 fully saturated rings. The first-order chi connectivity index (χ1) is 14.3. The van der Waals surface area contributed by atoms with E-state index < -0.39 is 11.8 Å². The standard InChI is InChI=1S/C21H18Cl2N2O4S/c1-4-29-18-8-12(16(23)10-17(18)28-3)7-14-19(26)24-21(30)25(20(14)27)13-6-5-11(2)15(22)9-13/h5-10H,4H2,1-3H3,(H,24,26,30)/b14-7+. The Balaban J connectivity index is 2.06. The molecule has 0 saturated carbocycles. The van der Waals surface area contributed by atoms with Gasteiger partial charge in [-0.3, -0.25) is 19.8 Å². The highest BCUT2D eigenvalue weighted by atomic mass is 35.5. The number of nitrogens with zero attached hydrogens (tertiary/aromatic N) is 1. The first-order valence-electron chi connectivity index (χ1n) is 8.94. The number of anilines is 1. The van der Waals surface area contributed by atoms with E-state index >= 15 is 0 Å². The smallest absolute Gasteiger partial charge is 0.270 e. The van der Waals surface area contributed by atoms with E-state index in [2.05, 4.69) is 5.32 Å². The van der Waals surface area contributed by atoms with Crippen LogP contribution in [0.15, 0.2) is 35.9 Å². The molecule has 156 valence electrons. The molecule has 1 N–H and O–H groups in total. The predicted molar refractivity (Wildman–Crippen MR) is 122 cm³/mol. The van der Waals surface area contributed by atoms with Crippen LogP contribution in [0.25, 0.3) is 6.08 Å². The van der Waals surface area contributed by atoms with Crippen LogP contribution in [0, 0.1) is 6.92 Å². The number of thiocarbonyl (C=S) groups is 1. The van der Waals surface area contributed by atoms with Gasteiger partial charge in [0, 0.05) is 11.1 Å². The molecule has 0 unspecified atom stereocenters. The molecule has 2 amide bonds. The van der Waals surface area contributed by atoms with E-state index in [0.29, 0.717) is 39.4 Å². The van der Waals surface area contributed by atoms with E-state index in [1.54, 1.807) is 30.3 Å². The van der Waals surface area contributed by atoms with E-state index in [9.17, 15) is 9.59 Å². The van der Waals surface area contributed by atoms with Gasteiger partial charge in [-0.05, 0) is 61.5 Å². The SMILES string of the molecule is CCOc1cc(/C=C2\C(=O)NC(=S)N(c3ccc(C)c(Cl)c3)C2=O)c(Cl)cc1OC. The largest absolute Gasteiger partial charge is 0.493 e. The van der Waals surface area contributed by atoms with Crippen molar-refractivity contribution >= 4 is 64.1 Å². The molecule has 0 aliphatic carbocycles. The molecule has 0 aromatic heterocycles. The van der Waals surface area contributed by atoms with Crippen LogP contribution in [0.5, 0.6) is 11.5 Å². The van der Waals surface area contributed by atoms with Gasteiger partial charge in [0.1, 0.15) is 5.57 Å². The average molecular weight is 465 g/mol. The molecule has 2 aromatic carbocycles. The van der Waals surface area contributed by atoms with Gasteiger partial charge in [0.05, 0.1) is 24.4 Å². The first-order valence-corrected chi connectivity index (χ1v) is 10.1. The second-order valence-corrected chi connectivity index (χ2v) is 7.55. The van der Waals surface area contributed by atoms with Crippen molar-refractivity contribution in [3.63, 3.8) is 0 Å². The highest BCUT2D eigenvalue weighted by Crippen LogP contribution is 2.35. The minimum atomic E-state index is -0.621. The van der Waals surface area contributed by atoms with Gasteiger partial charge in [-0.1, -0.05) is 29.3 Å². The third-order valence-corrected chi connectivity index (χ3v) is 5.42. The summed E-state index contributed by atoms with van der Waals surface area (Å²) in [7, 11) is 1.50. The molecule has 1 saturated heterocycles. The molecule has 3 rings (SSSR count). The number of benzene rings is 2. The topological polar surface area (TPSA) is 67.9 Å². The van der Waals surface area contributed by atoms with Crippen LogP contribution in [0.4, 0.5) is 5.69 Å². The Morgan fingerprint density at radius 2 is 1.87 bits per heavy atom. The zero-order valence-electron chi connectivity index (χ0n) is 16.4. The van der Waals surface area contributed by atoms with Gasteiger partial charge in [-0.25, -0.2) is 0 Å². The summed E-state index contributed by atoms with van der Waals surface area (Å²) in [6, 6.07) is 8.25. The molecule has 0 atom stereocenters. The van der Waals surface area contributed by atoms with Gasteiger partial charge in [-0.2, -0.15) is 0 Å². The molecule has 6 nitrogen and oxygen atoms in total. The fourth-order valence-corrected chi connectivity index (χ4v) is 3.52. The van der Waals surface area contributed by atoms with Gasteiger partial charge in [-0.15, -0.1) is 0 Å². The number of ether oxygens (including phenoxy) is 2. The number of hydrogen-bond donors (Lipinski definition) is 1. The lowest BCUT2D eigenvalue weighted by Crippen LogP contribution is -2.54.